The van der Waals surface area contributed by atoms with Crippen LogP contribution in [0, 0.1) is 6.92 Å². The van der Waals surface area contributed by atoms with E-state index in [-0.39, 0.29) is 0 Å². The lowest BCUT2D eigenvalue weighted by atomic mass is 10.1. The van der Waals surface area contributed by atoms with Crippen molar-refractivity contribution in [2.45, 2.75) is 27.2 Å². The fourth-order valence-electron chi connectivity index (χ4n) is 2.17. The van der Waals surface area contributed by atoms with Crippen LogP contribution in [-0.4, -0.2) is 16.5 Å². The zero-order chi connectivity index (χ0) is 13.8. The molecule has 0 aliphatic carbocycles. The third kappa shape index (κ3) is 2.87. The second-order valence-electron chi connectivity index (χ2n) is 4.40. The Balaban J connectivity index is 2.51. The van der Waals surface area contributed by atoms with E-state index < -0.39 is 0 Å². The van der Waals surface area contributed by atoms with E-state index in [9.17, 15) is 0 Å². The van der Waals surface area contributed by atoms with Crippen molar-refractivity contribution in [2.24, 2.45) is 0 Å². The molecule has 0 amide bonds. The van der Waals surface area contributed by atoms with Crippen LogP contribution in [0.3, 0.4) is 0 Å². The van der Waals surface area contributed by atoms with E-state index in [2.05, 4.69) is 59.9 Å². The molecule has 0 bridgehead atoms. The van der Waals surface area contributed by atoms with E-state index >= 15 is 0 Å². The van der Waals surface area contributed by atoms with Crippen LogP contribution in [0.15, 0.2) is 30.6 Å². The Morgan fingerprint density at radius 2 is 2.00 bits per heavy atom. The second-order valence-corrected chi connectivity index (χ2v) is 4.76. The van der Waals surface area contributed by atoms with Crippen molar-refractivity contribution in [1.82, 2.24) is 9.97 Å². The fourth-order valence-corrected chi connectivity index (χ4v) is 2.43. The van der Waals surface area contributed by atoms with Gasteiger partial charge in [0.2, 0.25) is 0 Å². The van der Waals surface area contributed by atoms with Crippen LogP contribution in [0.1, 0.15) is 25.0 Å². The maximum absolute atomic E-state index is 6.17. The molecule has 19 heavy (non-hydrogen) atoms. The first kappa shape index (κ1) is 13.8. The summed E-state index contributed by atoms with van der Waals surface area (Å²) >= 11 is 6.17. The highest BCUT2D eigenvalue weighted by Crippen LogP contribution is 2.30. The lowest BCUT2D eigenvalue weighted by Crippen LogP contribution is -2.19. The van der Waals surface area contributed by atoms with Crippen LogP contribution in [0.5, 0.6) is 0 Å². The molecule has 1 aromatic heterocycles. The number of hydrogen-bond donors (Lipinski definition) is 0. The normalized spacial score (nSPS) is 10.5. The smallest absolute Gasteiger partial charge is 0.141 e. The topological polar surface area (TPSA) is 29.0 Å². The number of aryl methyl sites for hydroxylation is 1. The van der Waals surface area contributed by atoms with Crippen molar-refractivity contribution in [3.05, 3.63) is 46.9 Å². The van der Waals surface area contributed by atoms with E-state index in [4.69, 9.17) is 11.6 Å². The molecule has 0 spiro atoms. The van der Waals surface area contributed by atoms with Gasteiger partial charge in [-0.15, -0.1) is 0 Å². The fraction of sp³-hybridized carbons (Fsp3) is 0.333. The van der Waals surface area contributed by atoms with Gasteiger partial charge in [-0.3, -0.25) is 0 Å². The molecule has 2 aromatic rings. The average Bonchev–Trinajstić information content (AvgIpc) is 2.40. The molecular weight excluding hydrogens is 258 g/mol. The van der Waals surface area contributed by atoms with Gasteiger partial charge >= 0.3 is 0 Å². The Morgan fingerprint density at radius 3 is 2.63 bits per heavy atom. The molecule has 3 nitrogen and oxygen atoms in total. The van der Waals surface area contributed by atoms with E-state index in [1.54, 1.807) is 0 Å². The Kier molecular flexibility index (Phi) is 4.38. The van der Waals surface area contributed by atoms with E-state index in [0.717, 1.165) is 30.0 Å². The van der Waals surface area contributed by atoms with Gasteiger partial charge in [-0.25, -0.2) is 9.97 Å². The third-order valence-electron chi connectivity index (χ3n) is 3.11. The Labute approximate surface area is 119 Å². The van der Waals surface area contributed by atoms with Crippen molar-refractivity contribution < 1.29 is 0 Å². The molecule has 0 N–H and O–H groups in total. The van der Waals surface area contributed by atoms with Gasteiger partial charge in [0.25, 0.3) is 0 Å². The van der Waals surface area contributed by atoms with Crippen LogP contribution in [0.4, 0.5) is 11.5 Å². The van der Waals surface area contributed by atoms with Gasteiger partial charge in [0.15, 0.2) is 0 Å². The molecular formula is C15H18ClN3. The number of halogens is 1. The maximum atomic E-state index is 6.17. The number of anilines is 2. The minimum Gasteiger partial charge on any atom is -0.326 e. The zero-order valence-corrected chi connectivity index (χ0v) is 12.3. The van der Waals surface area contributed by atoms with Gasteiger partial charge in [0.1, 0.15) is 17.3 Å². The standard InChI is InChI=1S/C15H18ClN3/c1-4-13-14(16)17-10-18-15(13)19(5-2)12-8-6-7-11(3)9-12/h6-10H,4-5H2,1-3H3. The first-order chi connectivity index (χ1) is 9.17. The van der Waals surface area contributed by atoms with Crippen molar-refractivity contribution in [3.63, 3.8) is 0 Å². The first-order valence-corrected chi connectivity index (χ1v) is 6.88. The molecule has 0 saturated heterocycles. The third-order valence-corrected chi connectivity index (χ3v) is 3.43. The number of nitrogens with zero attached hydrogens (tertiary/aromatic N) is 3. The Morgan fingerprint density at radius 1 is 1.21 bits per heavy atom. The van der Waals surface area contributed by atoms with Gasteiger partial charge in [0, 0.05) is 17.8 Å². The summed E-state index contributed by atoms with van der Waals surface area (Å²) < 4.78 is 0. The zero-order valence-electron chi connectivity index (χ0n) is 11.5. The van der Waals surface area contributed by atoms with E-state index in [1.807, 2.05) is 0 Å². The average molecular weight is 276 g/mol. The predicted molar refractivity (Wildman–Crippen MR) is 80.3 cm³/mol. The quantitative estimate of drug-likeness (QED) is 0.785. The summed E-state index contributed by atoms with van der Waals surface area (Å²) in [7, 11) is 0. The molecule has 0 atom stereocenters. The first-order valence-electron chi connectivity index (χ1n) is 6.51. The van der Waals surface area contributed by atoms with Crippen LogP contribution in [-0.2, 0) is 6.42 Å². The van der Waals surface area contributed by atoms with Gasteiger partial charge in [0.05, 0.1) is 0 Å². The molecule has 4 heteroatoms. The maximum Gasteiger partial charge on any atom is 0.141 e. The van der Waals surface area contributed by atoms with Crippen LogP contribution in [0.25, 0.3) is 0 Å². The monoisotopic (exact) mass is 275 g/mol. The van der Waals surface area contributed by atoms with Crippen molar-refractivity contribution in [2.75, 3.05) is 11.4 Å². The summed E-state index contributed by atoms with van der Waals surface area (Å²) in [4.78, 5) is 10.7. The number of hydrogen-bond acceptors (Lipinski definition) is 3. The summed E-state index contributed by atoms with van der Waals surface area (Å²) in [5.41, 5.74) is 3.36. The molecule has 0 radical (unpaired) electrons. The highest BCUT2D eigenvalue weighted by Gasteiger charge is 2.15. The summed E-state index contributed by atoms with van der Waals surface area (Å²) in [5, 5.41) is 0.540. The van der Waals surface area contributed by atoms with Gasteiger partial charge in [-0.05, 0) is 38.0 Å². The Bertz CT molecular complexity index is 569. The molecule has 0 unspecified atom stereocenters. The van der Waals surface area contributed by atoms with Gasteiger partial charge in [-0.2, -0.15) is 0 Å². The molecule has 0 fully saturated rings. The molecule has 1 heterocycles. The summed E-state index contributed by atoms with van der Waals surface area (Å²) in [6.07, 6.45) is 2.34. The number of aromatic nitrogens is 2. The molecule has 0 aliphatic rings. The molecule has 100 valence electrons. The van der Waals surface area contributed by atoms with Crippen molar-refractivity contribution in [1.29, 1.82) is 0 Å². The second kappa shape index (κ2) is 6.02. The molecule has 0 saturated carbocycles. The number of rotatable bonds is 4. The molecule has 2 rings (SSSR count). The SMILES string of the molecule is CCc1c(Cl)ncnc1N(CC)c1cccc(C)c1. The van der Waals surface area contributed by atoms with Crippen molar-refractivity contribution in [3.8, 4) is 0 Å². The summed E-state index contributed by atoms with van der Waals surface area (Å²) in [5.74, 6) is 0.899. The summed E-state index contributed by atoms with van der Waals surface area (Å²) in [6, 6.07) is 8.39. The number of benzene rings is 1. The van der Waals surface area contributed by atoms with E-state index in [0.29, 0.717) is 5.15 Å². The Hall–Kier alpha value is -1.61. The van der Waals surface area contributed by atoms with Crippen molar-refractivity contribution >= 4 is 23.1 Å². The molecule has 0 aliphatic heterocycles. The lowest BCUT2D eigenvalue weighted by Gasteiger charge is -2.24. The van der Waals surface area contributed by atoms with Gasteiger partial charge in [-0.1, -0.05) is 30.7 Å². The summed E-state index contributed by atoms with van der Waals surface area (Å²) in [6.45, 7) is 7.10. The van der Waals surface area contributed by atoms with Crippen LogP contribution in [0.2, 0.25) is 5.15 Å². The van der Waals surface area contributed by atoms with E-state index in [1.165, 1.54) is 11.9 Å². The molecule has 1 aromatic carbocycles. The minimum atomic E-state index is 0.540. The minimum absolute atomic E-state index is 0.540. The van der Waals surface area contributed by atoms with Crippen LogP contribution < -0.4 is 4.90 Å². The highest BCUT2D eigenvalue weighted by molar-refractivity contribution is 6.30. The highest BCUT2D eigenvalue weighted by atomic mass is 35.5. The lowest BCUT2D eigenvalue weighted by molar-refractivity contribution is 0.939. The largest absolute Gasteiger partial charge is 0.326 e. The van der Waals surface area contributed by atoms with Gasteiger partial charge < -0.3 is 4.90 Å². The predicted octanol–water partition coefficient (Wildman–Crippen LogP) is 4.16. The van der Waals surface area contributed by atoms with Crippen LogP contribution >= 0.6 is 11.6 Å².